The van der Waals surface area contributed by atoms with Crippen LogP contribution in [0.25, 0.3) is 17.2 Å². The third kappa shape index (κ3) is 4.42. The molecular weight excluding hydrogens is 336 g/mol. The first kappa shape index (κ1) is 18.8. The average molecular weight is 362 g/mol. The molecule has 5 heteroatoms. The number of aromatic nitrogens is 1. The summed E-state index contributed by atoms with van der Waals surface area (Å²) in [6.07, 6.45) is 7.73. The van der Waals surface area contributed by atoms with E-state index in [1.807, 2.05) is 41.3 Å². The molecular formula is C22H26N4O. The summed E-state index contributed by atoms with van der Waals surface area (Å²) in [5.41, 5.74) is 10.7. The highest BCUT2D eigenvalue weighted by molar-refractivity contribution is 6.05. The lowest BCUT2D eigenvalue weighted by atomic mass is 10.0. The Kier molecular flexibility index (Phi) is 6.01. The maximum absolute atomic E-state index is 13.0. The van der Waals surface area contributed by atoms with Gasteiger partial charge in [-0.25, -0.2) is 4.99 Å². The Morgan fingerprint density at radius 3 is 2.44 bits per heavy atom. The van der Waals surface area contributed by atoms with Crippen molar-refractivity contribution in [3.05, 3.63) is 53.9 Å². The highest BCUT2D eigenvalue weighted by Gasteiger charge is 2.20. The molecule has 0 fully saturated rings. The van der Waals surface area contributed by atoms with E-state index in [9.17, 15) is 4.79 Å². The predicted octanol–water partition coefficient (Wildman–Crippen LogP) is 4.17. The van der Waals surface area contributed by atoms with Crippen molar-refractivity contribution >= 4 is 23.5 Å². The van der Waals surface area contributed by atoms with Gasteiger partial charge in [0.1, 0.15) is 5.84 Å². The number of amides is 1. The fourth-order valence-electron chi connectivity index (χ4n) is 3.31. The van der Waals surface area contributed by atoms with Gasteiger partial charge in [-0.1, -0.05) is 26.0 Å². The molecule has 2 N–H and O–H groups in total. The topological polar surface area (TPSA) is 71.6 Å². The molecule has 2 heterocycles. The Bertz CT molecular complexity index is 865. The zero-order valence-corrected chi connectivity index (χ0v) is 16.0. The minimum atomic E-state index is 0.0583. The second-order valence-corrected chi connectivity index (χ2v) is 6.75. The van der Waals surface area contributed by atoms with Gasteiger partial charge in [-0.2, -0.15) is 0 Å². The van der Waals surface area contributed by atoms with E-state index in [-0.39, 0.29) is 5.91 Å². The fourth-order valence-corrected chi connectivity index (χ4v) is 3.31. The Hall–Kier alpha value is -2.95. The number of carbonyl (C=O) groups is 1. The maximum atomic E-state index is 13.0. The summed E-state index contributed by atoms with van der Waals surface area (Å²) in [6, 6.07) is 9.98. The molecule has 5 nitrogen and oxygen atoms in total. The van der Waals surface area contributed by atoms with E-state index in [1.165, 1.54) is 0 Å². The predicted molar refractivity (Wildman–Crippen MR) is 111 cm³/mol. The summed E-state index contributed by atoms with van der Waals surface area (Å²) in [7, 11) is 0. The maximum Gasteiger partial charge on any atom is 0.250 e. The number of fused-ring (bicyclic) bond motifs is 1. The van der Waals surface area contributed by atoms with E-state index in [4.69, 9.17) is 5.73 Å². The molecule has 0 unspecified atom stereocenters. The number of amidine groups is 1. The van der Waals surface area contributed by atoms with E-state index < -0.39 is 0 Å². The van der Waals surface area contributed by atoms with Gasteiger partial charge in [0.15, 0.2) is 0 Å². The molecule has 0 aliphatic carbocycles. The van der Waals surface area contributed by atoms with Gasteiger partial charge in [-0.05, 0) is 48.2 Å². The van der Waals surface area contributed by atoms with Crippen LogP contribution in [-0.4, -0.2) is 34.7 Å². The van der Waals surface area contributed by atoms with Gasteiger partial charge in [0, 0.05) is 43.0 Å². The van der Waals surface area contributed by atoms with Gasteiger partial charge in [0.2, 0.25) is 5.91 Å². The molecule has 0 atom stereocenters. The number of aliphatic imine (C=N–C) groups is 1. The third-order valence-corrected chi connectivity index (χ3v) is 4.56. The van der Waals surface area contributed by atoms with Crippen molar-refractivity contribution in [2.75, 3.05) is 13.1 Å². The van der Waals surface area contributed by atoms with E-state index >= 15 is 0 Å². The number of rotatable bonds is 6. The molecule has 2 aromatic rings. The van der Waals surface area contributed by atoms with Crippen molar-refractivity contribution < 1.29 is 4.79 Å². The zero-order valence-electron chi connectivity index (χ0n) is 16.0. The van der Waals surface area contributed by atoms with Crippen molar-refractivity contribution in [3.8, 4) is 11.1 Å². The summed E-state index contributed by atoms with van der Waals surface area (Å²) < 4.78 is 0. The van der Waals surface area contributed by atoms with Crippen LogP contribution in [0.2, 0.25) is 0 Å². The molecule has 0 bridgehead atoms. The number of nitrogens with zero attached hydrogens (tertiary/aromatic N) is 3. The van der Waals surface area contributed by atoms with E-state index in [0.717, 1.165) is 48.3 Å². The molecule has 1 aliphatic rings. The average Bonchev–Trinajstić information content (AvgIpc) is 2.85. The molecule has 0 saturated heterocycles. The zero-order chi connectivity index (χ0) is 19.2. The van der Waals surface area contributed by atoms with Crippen LogP contribution < -0.4 is 5.73 Å². The summed E-state index contributed by atoms with van der Waals surface area (Å²) in [5.74, 6) is 0.524. The Labute approximate surface area is 160 Å². The van der Waals surface area contributed by atoms with E-state index in [0.29, 0.717) is 17.8 Å². The normalized spacial score (nSPS) is 13.3. The van der Waals surface area contributed by atoms with Crippen LogP contribution in [0.1, 0.15) is 38.7 Å². The quantitative estimate of drug-likeness (QED) is 0.838. The lowest BCUT2D eigenvalue weighted by Gasteiger charge is -2.22. The van der Waals surface area contributed by atoms with Crippen LogP contribution in [-0.2, 0) is 4.79 Å². The second-order valence-electron chi connectivity index (χ2n) is 6.75. The molecule has 0 spiro atoms. The van der Waals surface area contributed by atoms with Crippen LogP contribution in [0.3, 0.4) is 0 Å². The summed E-state index contributed by atoms with van der Waals surface area (Å²) >= 11 is 0. The highest BCUT2D eigenvalue weighted by Crippen LogP contribution is 2.31. The SMILES string of the molecule is CCCN(CCC)C(=O)C1=Cc2ccc(-c3ccncc3)cc2N=C(N)C1. The molecule has 1 aromatic heterocycles. The van der Waals surface area contributed by atoms with E-state index in [1.54, 1.807) is 12.4 Å². The number of benzene rings is 1. The third-order valence-electron chi connectivity index (χ3n) is 4.56. The van der Waals surface area contributed by atoms with Gasteiger partial charge in [-0.15, -0.1) is 0 Å². The molecule has 1 amide bonds. The molecule has 140 valence electrons. The van der Waals surface area contributed by atoms with E-state index in [2.05, 4.69) is 23.8 Å². The van der Waals surface area contributed by atoms with Gasteiger partial charge in [-0.3, -0.25) is 9.78 Å². The van der Waals surface area contributed by atoms with Crippen molar-refractivity contribution in [1.29, 1.82) is 0 Å². The Morgan fingerprint density at radius 2 is 1.78 bits per heavy atom. The minimum Gasteiger partial charge on any atom is -0.387 e. The standard InChI is InChI=1S/C22H26N4O/c1-3-11-26(12-4-2)22(27)19-13-18-6-5-17(16-7-9-24-10-8-16)14-20(18)25-21(23)15-19/h5-10,13-14H,3-4,11-12,15H2,1-2H3,(H2,23,25). The monoisotopic (exact) mass is 362 g/mol. The van der Waals surface area contributed by atoms with Crippen molar-refractivity contribution in [3.63, 3.8) is 0 Å². The molecule has 1 aromatic carbocycles. The number of nitrogens with two attached hydrogens (primary N) is 1. The summed E-state index contributed by atoms with van der Waals surface area (Å²) in [6.45, 7) is 5.69. The summed E-state index contributed by atoms with van der Waals surface area (Å²) in [4.78, 5) is 23.6. The Morgan fingerprint density at radius 1 is 1.07 bits per heavy atom. The molecule has 0 saturated carbocycles. The fraction of sp³-hybridized carbons (Fsp3) is 0.318. The van der Waals surface area contributed by atoms with Crippen molar-refractivity contribution in [2.24, 2.45) is 10.7 Å². The van der Waals surface area contributed by atoms with Crippen LogP contribution >= 0.6 is 0 Å². The number of carbonyl (C=O) groups excluding carboxylic acids is 1. The number of pyridine rings is 1. The van der Waals surface area contributed by atoms with Gasteiger partial charge < -0.3 is 10.6 Å². The smallest absolute Gasteiger partial charge is 0.250 e. The lowest BCUT2D eigenvalue weighted by Crippen LogP contribution is -2.34. The molecule has 0 radical (unpaired) electrons. The number of hydrogen-bond donors (Lipinski definition) is 1. The first-order chi connectivity index (χ1) is 13.1. The van der Waals surface area contributed by atoms with Crippen LogP contribution in [0, 0.1) is 0 Å². The second kappa shape index (κ2) is 8.62. The Balaban J connectivity index is 1.96. The first-order valence-electron chi connectivity index (χ1n) is 9.49. The van der Waals surface area contributed by atoms with Crippen LogP contribution in [0.4, 0.5) is 5.69 Å². The van der Waals surface area contributed by atoms with Crippen LogP contribution in [0.5, 0.6) is 0 Å². The molecule has 27 heavy (non-hydrogen) atoms. The minimum absolute atomic E-state index is 0.0583. The van der Waals surface area contributed by atoms with Gasteiger partial charge in [0.05, 0.1) is 5.69 Å². The summed E-state index contributed by atoms with van der Waals surface area (Å²) in [5, 5.41) is 0. The largest absolute Gasteiger partial charge is 0.387 e. The molecule has 1 aliphatic heterocycles. The van der Waals surface area contributed by atoms with Gasteiger partial charge in [0.25, 0.3) is 0 Å². The van der Waals surface area contributed by atoms with Crippen molar-refractivity contribution in [2.45, 2.75) is 33.1 Å². The lowest BCUT2D eigenvalue weighted by molar-refractivity contribution is -0.127. The van der Waals surface area contributed by atoms with Crippen LogP contribution in [0.15, 0.2) is 53.3 Å². The van der Waals surface area contributed by atoms with Gasteiger partial charge >= 0.3 is 0 Å². The first-order valence-corrected chi connectivity index (χ1v) is 9.49. The van der Waals surface area contributed by atoms with Crippen molar-refractivity contribution in [1.82, 2.24) is 9.88 Å². The number of hydrogen-bond acceptors (Lipinski definition) is 4. The molecule has 3 rings (SSSR count). The highest BCUT2D eigenvalue weighted by atomic mass is 16.2.